The molecule has 1 aliphatic rings. The monoisotopic (exact) mass is 389 g/mol. The van der Waals surface area contributed by atoms with Crippen molar-refractivity contribution in [3.05, 3.63) is 23.8 Å². The van der Waals surface area contributed by atoms with Gasteiger partial charge < -0.3 is 5.73 Å². The SMILES string of the molecule is CCCCCCCCCCCCCCCCC(C(N)=O)C1(C)C=CC=C(C)C1. The predicted octanol–water partition coefficient (Wildman–Crippen LogP) is 7.87. The summed E-state index contributed by atoms with van der Waals surface area (Å²) in [5, 5.41) is 0. The summed E-state index contributed by atoms with van der Waals surface area (Å²) in [4.78, 5) is 12.0. The van der Waals surface area contributed by atoms with Crippen molar-refractivity contribution in [1.82, 2.24) is 0 Å². The molecule has 28 heavy (non-hydrogen) atoms. The highest BCUT2D eigenvalue weighted by atomic mass is 16.1. The van der Waals surface area contributed by atoms with Gasteiger partial charge in [0.15, 0.2) is 0 Å². The lowest BCUT2D eigenvalue weighted by molar-refractivity contribution is -0.125. The Hall–Kier alpha value is -1.05. The normalized spacial score (nSPS) is 20.2. The standard InChI is InChI=1S/C26H47NO/c1-4-5-6-7-8-9-10-11-12-13-14-15-16-17-20-24(25(27)28)26(3)21-18-19-23(2)22-26/h18-19,21,24H,4-17,20,22H2,1-3H3,(H2,27,28). The second-order valence-corrected chi connectivity index (χ2v) is 9.39. The first-order valence-electron chi connectivity index (χ1n) is 12.1. The molecule has 0 saturated heterocycles. The number of amides is 1. The van der Waals surface area contributed by atoms with Crippen LogP contribution in [0.3, 0.4) is 0 Å². The van der Waals surface area contributed by atoms with E-state index in [1.165, 1.54) is 89.0 Å². The zero-order valence-electron chi connectivity index (χ0n) is 19.1. The second kappa shape index (κ2) is 14.9. The van der Waals surface area contributed by atoms with Crippen LogP contribution in [-0.4, -0.2) is 5.91 Å². The first-order valence-corrected chi connectivity index (χ1v) is 12.1. The van der Waals surface area contributed by atoms with Gasteiger partial charge in [0, 0.05) is 11.3 Å². The maximum atomic E-state index is 12.0. The average Bonchev–Trinajstić information content (AvgIpc) is 2.64. The van der Waals surface area contributed by atoms with Crippen LogP contribution < -0.4 is 5.73 Å². The summed E-state index contributed by atoms with van der Waals surface area (Å²) < 4.78 is 0. The third-order valence-corrected chi connectivity index (χ3v) is 6.50. The van der Waals surface area contributed by atoms with Crippen molar-refractivity contribution in [3.63, 3.8) is 0 Å². The minimum atomic E-state index is -0.128. The Labute approximate surface area is 175 Å². The predicted molar refractivity (Wildman–Crippen MR) is 123 cm³/mol. The largest absolute Gasteiger partial charge is 0.369 e. The quantitative estimate of drug-likeness (QED) is 0.253. The first-order chi connectivity index (χ1) is 13.5. The van der Waals surface area contributed by atoms with E-state index in [1.807, 2.05) is 0 Å². The smallest absolute Gasteiger partial charge is 0.221 e. The highest BCUT2D eigenvalue weighted by Gasteiger charge is 2.36. The van der Waals surface area contributed by atoms with Gasteiger partial charge in [0.1, 0.15) is 0 Å². The lowest BCUT2D eigenvalue weighted by Gasteiger charge is -2.35. The molecule has 0 fully saturated rings. The summed E-state index contributed by atoms with van der Waals surface area (Å²) in [5.74, 6) is -0.165. The number of hydrogen-bond acceptors (Lipinski definition) is 1. The van der Waals surface area contributed by atoms with Gasteiger partial charge in [0.05, 0.1) is 0 Å². The van der Waals surface area contributed by atoms with Crippen LogP contribution in [0.5, 0.6) is 0 Å². The van der Waals surface area contributed by atoms with Crippen LogP contribution in [0.25, 0.3) is 0 Å². The van der Waals surface area contributed by atoms with Crippen LogP contribution >= 0.6 is 0 Å². The van der Waals surface area contributed by atoms with E-state index in [1.54, 1.807) is 0 Å². The number of nitrogens with two attached hydrogens (primary N) is 1. The summed E-state index contributed by atoms with van der Waals surface area (Å²) in [6.07, 6.45) is 27.4. The summed E-state index contributed by atoms with van der Waals surface area (Å²) in [6.45, 7) is 6.62. The van der Waals surface area contributed by atoms with E-state index in [-0.39, 0.29) is 17.2 Å². The van der Waals surface area contributed by atoms with E-state index < -0.39 is 0 Å². The summed E-state index contributed by atoms with van der Waals surface area (Å²) >= 11 is 0. The van der Waals surface area contributed by atoms with Gasteiger partial charge in [-0.05, 0) is 19.8 Å². The number of allylic oxidation sites excluding steroid dienone is 4. The molecule has 1 aliphatic carbocycles. The Balaban J connectivity index is 2.03. The Morgan fingerprint density at radius 3 is 1.82 bits per heavy atom. The van der Waals surface area contributed by atoms with Crippen molar-refractivity contribution in [2.24, 2.45) is 17.1 Å². The number of hydrogen-bond donors (Lipinski definition) is 1. The van der Waals surface area contributed by atoms with E-state index in [2.05, 4.69) is 39.0 Å². The Morgan fingerprint density at radius 2 is 1.39 bits per heavy atom. The number of carbonyl (C=O) groups is 1. The minimum Gasteiger partial charge on any atom is -0.369 e. The molecule has 2 atom stereocenters. The zero-order chi connectivity index (χ0) is 20.7. The summed E-state index contributed by atoms with van der Waals surface area (Å²) in [5.41, 5.74) is 7.01. The van der Waals surface area contributed by atoms with E-state index in [0.29, 0.717) is 0 Å². The third-order valence-electron chi connectivity index (χ3n) is 6.50. The maximum absolute atomic E-state index is 12.0. The van der Waals surface area contributed by atoms with Gasteiger partial charge in [-0.15, -0.1) is 0 Å². The van der Waals surface area contributed by atoms with E-state index in [9.17, 15) is 4.79 Å². The van der Waals surface area contributed by atoms with Crippen molar-refractivity contribution < 1.29 is 4.79 Å². The second-order valence-electron chi connectivity index (χ2n) is 9.39. The fraction of sp³-hybridized carbons (Fsp3) is 0.808. The van der Waals surface area contributed by atoms with Crippen LogP contribution in [-0.2, 0) is 4.79 Å². The fourth-order valence-corrected chi connectivity index (χ4v) is 4.73. The zero-order valence-corrected chi connectivity index (χ0v) is 19.1. The molecule has 0 bridgehead atoms. The van der Waals surface area contributed by atoms with Crippen molar-refractivity contribution in [1.29, 1.82) is 0 Å². The Bertz CT molecular complexity index is 479. The van der Waals surface area contributed by atoms with Crippen molar-refractivity contribution in [2.75, 3.05) is 0 Å². The summed E-state index contributed by atoms with van der Waals surface area (Å²) in [7, 11) is 0. The summed E-state index contributed by atoms with van der Waals surface area (Å²) in [6, 6.07) is 0. The Kier molecular flexibility index (Phi) is 13.3. The van der Waals surface area contributed by atoms with Gasteiger partial charge in [-0.3, -0.25) is 4.79 Å². The fourth-order valence-electron chi connectivity index (χ4n) is 4.73. The van der Waals surface area contributed by atoms with E-state index >= 15 is 0 Å². The highest BCUT2D eigenvalue weighted by Crippen LogP contribution is 2.40. The first kappa shape index (κ1) is 25.0. The molecule has 0 spiro atoms. The molecule has 0 aromatic rings. The van der Waals surface area contributed by atoms with E-state index in [0.717, 1.165) is 19.3 Å². The van der Waals surface area contributed by atoms with Gasteiger partial charge >= 0.3 is 0 Å². The van der Waals surface area contributed by atoms with Crippen molar-refractivity contribution >= 4 is 5.91 Å². The molecule has 2 N–H and O–H groups in total. The molecule has 0 aromatic heterocycles. The maximum Gasteiger partial charge on any atom is 0.221 e. The van der Waals surface area contributed by atoms with Crippen molar-refractivity contribution in [2.45, 2.75) is 124 Å². The lowest BCUT2D eigenvalue weighted by atomic mass is 9.68. The number of rotatable bonds is 17. The molecule has 2 unspecified atom stereocenters. The van der Waals surface area contributed by atoms with E-state index in [4.69, 9.17) is 5.73 Å². The molecule has 2 nitrogen and oxygen atoms in total. The van der Waals surface area contributed by atoms with Gasteiger partial charge in [0.2, 0.25) is 5.91 Å². The van der Waals surface area contributed by atoms with Gasteiger partial charge in [-0.1, -0.05) is 128 Å². The van der Waals surface area contributed by atoms with Gasteiger partial charge in [-0.2, -0.15) is 0 Å². The molecule has 0 aromatic carbocycles. The minimum absolute atomic E-state index is 0.0373. The molecule has 162 valence electrons. The van der Waals surface area contributed by atoms with Crippen LogP contribution in [0, 0.1) is 11.3 Å². The molecule has 1 rings (SSSR count). The topological polar surface area (TPSA) is 43.1 Å². The molecule has 2 heteroatoms. The lowest BCUT2D eigenvalue weighted by Crippen LogP contribution is -2.37. The van der Waals surface area contributed by atoms with Crippen molar-refractivity contribution in [3.8, 4) is 0 Å². The van der Waals surface area contributed by atoms with Gasteiger partial charge in [-0.25, -0.2) is 0 Å². The molecule has 0 radical (unpaired) electrons. The molecular weight excluding hydrogens is 342 g/mol. The number of primary amides is 1. The van der Waals surface area contributed by atoms with Crippen LogP contribution in [0.4, 0.5) is 0 Å². The van der Waals surface area contributed by atoms with Crippen LogP contribution in [0.15, 0.2) is 23.8 Å². The molecule has 0 aliphatic heterocycles. The van der Waals surface area contributed by atoms with Crippen LogP contribution in [0.1, 0.15) is 124 Å². The number of carbonyl (C=O) groups excluding carboxylic acids is 1. The number of unbranched alkanes of at least 4 members (excludes halogenated alkanes) is 13. The highest BCUT2D eigenvalue weighted by molar-refractivity contribution is 5.78. The van der Waals surface area contributed by atoms with Gasteiger partial charge in [0.25, 0.3) is 0 Å². The Morgan fingerprint density at radius 1 is 0.929 bits per heavy atom. The average molecular weight is 390 g/mol. The molecule has 0 heterocycles. The third kappa shape index (κ3) is 10.5. The van der Waals surface area contributed by atoms with Crippen LogP contribution in [0.2, 0.25) is 0 Å². The molecule has 0 saturated carbocycles. The molecule has 1 amide bonds. The molecular formula is C26H47NO.